The van der Waals surface area contributed by atoms with Gasteiger partial charge in [0.1, 0.15) is 18.1 Å². The maximum atomic E-state index is 13.2. The van der Waals surface area contributed by atoms with Crippen LogP contribution in [0.25, 0.3) is 0 Å². The molecule has 32 heavy (non-hydrogen) atoms. The molecule has 0 bridgehead atoms. The van der Waals surface area contributed by atoms with Gasteiger partial charge in [-0.25, -0.2) is 4.79 Å². The van der Waals surface area contributed by atoms with Crippen LogP contribution in [0.4, 0.5) is 0 Å². The second-order valence-electron chi connectivity index (χ2n) is 8.27. The molecule has 3 amide bonds. The van der Waals surface area contributed by atoms with Crippen molar-refractivity contribution in [3.8, 4) is 0 Å². The minimum atomic E-state index is -1.31. The monoisotopic (exact) mass is 474 g/mol. The third-order valence-electron chi connectivity index (χ3n) is 5.12. The molecule has 0 aliphatic carbocycles. The molecule has 6 N–H and O–H groups in total. The molecule has 1 saturated heterocycles. The number of aliphatic carboxylic acids is 2. The molecular formula is C20H34N4O7S. The van der Waals surface area contributed by atoms with Gasteiger partial charge in [0.2, 0.25) is 17.7 Å². The Morgan fingerprint density at radius 3 is 2.31 bits per heavy atom. The summed E-state index contributed by atoms with van der Waals surface area (Å²) in [6, 6.07) is -4.16. The Labute approximate surface area is 191 Å². The van der Waals surface area contributed by atoms with Crippen molar-refractivity contribution < 1.29 is 34.2 Å². The van der Waals surface area contributed by atoms with Gasteiger partial charge in [0.15, 0.2) is 0 Å². The van der Waals surface area contributed by atoms with Crippen LogP contribution in [-0.4, -0.2) is 87.5 Å². The van der Waals surface area contributed by atoms with Gasteiger partial charge < -0.3 is 31.5 Å². The largest absolute Gasteiger partial charge is 0.481 e. The first-order chi connectivity index (χ1) is 15.0. The van der Waals surface area contributed by atoms with Crippen molar-refractivity contribution in [3.05, 3.63) is 0 Å². The number of hydrogen-bond donors (Lipinski definition) is 5. The van der Waals surface area contributed by atoms with Gasteiger partial charge in [0, 0.05) is 6.54 Å². The zero-order valence-electron chi connectivity index (χ0n) is 18.7. The van der Waals surface area contributed by atoms with E-state index in [0.717, 1.165) is 0 Å². The summed E-state index contributed by atoms with van der Waals surface area (Å²) in [5.41, 5.74) is 5.61. The van der Waals surface area contributed by atoms with E-state index in [1.165, 1.54) is 16.7 Å². The minimum Gasteiger partial charge on any atom is -0.481 e. The van der Waals surface area contributed by atoms with Crippen LogP contribution in [0.1, 0.15) is 46.0 Å². The summed E-state index contributed by atoms with van der Waals surface area (Å²) in [5, 5.41) is 23.2. The minimum absolute atomic E-state index is 0.0257. The number of carboxylic acids is 2. The van der Waals surface area contributed by atoms with Crippen molar-refractivity contribution in [1.29, 1.82) is 0 Å². The number of carbonyl (C=O) groups is 5. The number of carbonyl (C=O) groups excluding carboxylic acids is 3. The number of nitrogens with zero attached hydrogens (tertiary/aromatic N) is 1. The second-order valence-corrected chi connectivity index (χ2v) is 9.25. The predicted octanol–water partition coefficient (Wildman–Crippen LogP) is -0.367. The molecule has 0 aromatic carbocycles. The van der Waals surface area contributed by atoms with Crippen LogP contribution in [0, 0.1) is 5.92 Å². The molecule has 11 nitrogen and oxygen atoms in total. The first kappa shape index (κ1) is 27.7. The van der Waals surface area contributed by atoms with E-state index in [2.05, 4.69) is 10.6 Å². The van der Waals surface area contributed by atoms with E-state index in [1.54, 1.807) is 0 Å². The molecule has 1 fully saturated rings. The average molecular weight is 475 g/mol. The van der Waals surface area contributed by atoms with Gasteiger partial charge in [-0.05, 0) is 43.6 Å². The van der Waals surface area contributed by atoms with E-state index in [1.807, 2.05) is 20.1 Å². The summed E-state index contributed by atoms with van der Waals surface area (Å²) in [6.45, 7) is 4.02. The Balaban J connectivity index is 2.93. The second kappa shape index (κ2) is 13.3. The molecule has 0 aromatic heterocycles. The number of thioether (sulfide) groups is 1. The molecule has 0 saturated carbocycles. The van der Waals surface area contributed by atoms with E-state index in [4.69, 9.17) is 10.8 Å². The Kier molecular flexibility index (Phi) is 11.5. The molecule has 0 aromatic rings. The highest BCUT2D eigenvalue weighted by Gasteiger charge is 2.39. The number of amides is 3. The van der Waals surface area contributed by atoms with Gasteiger partial charge in [-0.1, -0.05) is 13.8 Å². The van der Waals surface area contributed by atoms with Crippen LogP contribution in [0.15, 0.2) is 0 Å². The number of nitrogens with two attached hydrogens (primary N) is 1. The molecule has 1 aliphatic rings. The van der Waals surface area contributed by atoms with Crippen molar-refractivity contribution >= 4 is 41.4 Å². The Bertz CT molecular complexity index is 703. The van der Waals surface area contributed by atoms with Gasteiger partial charge in [-0.3, -0.25) is 19.2 Å². The van der Waals surface area contributed by atoms with Crippen molar-refractivity contribution in [1.82, 2.24) is 15.5 Å². The maximum Gasteiger partial charge on any atom is 0.326 e. The summed E-state index contributed by atoms with van der Waals surface area (Å²) in [7, 11) is 0. The Morgan fingerprint density at radius 1 is 1.12 bits per heavy atom. The van der Waals surface area contributed by atoms with Crippen molar-refractivity contribution in [3.63, 3.8) is 0 Å². The lowest BCUT2D eigenvalue weighted by Gasteiger charge is -2.30. The van der Waals surface area contributed by atoms with Gasteiger partial charge in [-0.15, -0.1) is 0 Å². The average Bonchev–Trinajstić information content (AvgIpc) is 3.18. The highest BCUT2D eigenvalue weighted by atomic mass is 32.2. The van der Waals surface area contributed by atoms with Crippen LogP contribution in [0.5, 0.6) is 0 Å². The topological polar surface area (TPSA) is 179 Å². The number of carboxylic acid groups (broad SMARTS) is 2. The highest BCUT2D eigenvalue weighted by molar-refractivity contribution is 7.98. The molecular weight excluding hydrogens is 440 g/mol. The summed E-state index contributed by atoms with van der Waals surface area (Å²) >= 11 is 1.47. The fourth-order valence-electron chi connectivity index (χ4n) is 3.52. The maximum absolute atomic E-state index is 13.2. The molecule has 182 valence electrons. The lowest BCUT2D eigenvalue weighted by Crippen LogP contribution is -2.57. The summed E-state index contributed by atoms with van der Waals surface area (Å²) in [6.07, 6.45) is 2.75. The third-order valence-corrected chi connectivity index (χ3v) is 5.76. The summed E-state index contributed by atoms with van der Waals surface area (Å²) in [5.74, 6) is -3.55. The number of likely N-dealkylation sites (tertiary alicyclic amines) is 1. The fraction of sp³-hybridized carbons (Fsp3) is 0.750. The number of nitrogens with one attached hydrogen (secondary N) is 2. The van der Waals surface area contributed by atoms with Crippen LogP contribution in [0.2, 0.25) is 0 Å². The molecule has 1 heterocycles. The molecule has 1 rings (SSSR count). The number of hydrogen-bond acceptors (Lipinski definition) is 7. The standard InChI is InChI=1S/C20H34N4O7S/c1-11(2)9-14(23-17(27)12(21)10-16(25)26)19(29)24-7-4-5-15(24)18(28)22-13(20(30)31)6-8-32-3/h11-15H,4-10,21H2,1-3H3,(H,22,28)(H,23,27)(H,25,26)(H,30,31). The van der Waals surface area contributed by atoms with Crippen LogP contribution in [0.3, 0.4) is 0 Å². The third kappa shape index (κ3) is 8.65. The first-order valence-corrected chi connectivity index (χ1v) is 12.0. The Morgan fingerprint density at radius 2 is 1.78 bits per heavy atom. The molecule has 1 aliphatic heterocycles. The normalized spacial score (nSPS) is 18.7. The first-order valence-electron chi connectivity index (χ1n) is 10.6. The molecule has 4 atom stereocenters. The van der Waals surface area contributed by atoms with Gasteiger partial charge in [0.25, 0.3) is 0 Å². The van der Waals surface area contributed by atoms with Crippen molar-refractivity contribution in [2.75, 3.05) is 18.6 Å². The van der Waals surface area contributed by atoms with Gasteiger partial charge >= 0.3 is 11.9 Å². The van der Waals surface area contributed by atoms with Crippen LogP contribution >= 0.6 is 11.8 Å². The smallest absolute Gasteiger partial charge is 0.326 e. The Hall–Kier alpha value is -2.34. The SMILES string of the molecule is CSCCC(NC(=O)C1CCCN1C(=O)C(CC(C)C)NC(=O)C(N)CC(=O)O)C(=O)O. The van der Waals surface area contributed by atoms with Crippen molar-refractivity contribution in [2.45, 2.75) is 70.1 Å². The number of rotatable bonds is 13. The van der Waals surface area contributed by atoms with Crippen LogP contribution < -0.4 is 16.4 Å². The molecule has 0 radical (unpaired) electrons. The fourth-order valence-corrected chi connectivity index (χ4v) is 3.99. The van der Waals surface area contributed by atoms with E-state index in [9.17, 15) is 29.1 Å². The van der Waals surface area contributed by atoms with Crippen LogP contribution in [-0.2, 0) is 24.0 Å². The zero-order valence-corrected chi connectivity index (χ0v) is 19.5. The summed E-state index contributed by atoms with van der Waals surface area (Å²) in [4.78, 5) is 62.0. The molecule has 0 spiro atoms. The van der Waals surface area contributed by atoms with Gasteiger partial charge in [-0.2, -0.15) is 11.8 Å². The van der Waals surface area contributed by atoms with E-state index >= 15 is 0 Å². The predicted molar refractivity (Wildman–Crippen MR) is 119 cm³/mol. The molecule has 12 heteroatoms. The summed E-state index contributed by atoms with van der Waals surface area (Å²) < 4.78 is 0. The van der Waals surface area contributed by atoms with E-state index in [-0.39, 0.29) is 18.8 Å². The lowest BCUT2D eigenvalue weighted by atomic mass is 10.0. The lowest BCUT2D eigenvalue weighted by molar-refractivity contribution is -0.145. The van der Waals surface area contributed by atoms with Gasteiger partial charge in [0.05, 0.1) is 12.5 Å². The van der Waals surface area contributed by atoms with Crippen molar-refractivity contribution in [2.24, 2.45) is 11.7 Å². The van der Waals surface area contributed by atoms with E-state index in [0.29, 0.717) is 25.1 Å². The van der Waals surface area contributed by atoms with E-state index < -0.39 is 60.2 Å². The zero-order chi connectivity index (χ0) is 24.4. The molecule has 4 unspecified atom stereocenters. The quantitative estimate of drug-likeness (QED) is 0.238. The highest BCUT2D eigenvalue weighted by Crippen LogP contribution is 2.21.